The molecule has 1 nitrogen and oxygen atoms in total. The molecule has 2 saturated carbocycles. The standard InChI is InChI=1S/C15H29N/c1-2-5-9-14(10-6-3-1)13-16-15-11-7-4-8-12-15/h14-16H,1-13H2. The minimum Gasteiger partial charge on any atom is -0.314 e. The summed E-state index contributed by atoms with van der Waals surface area (Å²) in [6.07, 6.45) is 17.7. The molecule has 0 saturated heterocycles. The van der Waals surface area contributed by atoms with Gasteiger partial charge in [-0.25, -0.2) is 0 Å². The van der Waals surface area contributed by atoms with E-state index in [0.717, 1.165) is 12.0 Å². The van der Waals surface area contributed by atoms with E-state index in [4.69, 9.17) is 0 Å². The second-order valence-electron chi connectivity index (χ2n) is 5.95. The van der Waals surface area contributed by atoms with Crippen LogP contribution in [0.15, 0.2) is 0 Å². The third kappa shape index (κ3) is 4.45. The Morgan fingerprint density at radius 3 is 1.81 bits per heavy atom. The normalized spacial score (nSPS) is 26.2. The molecule has 94 valence electrons. The minimum atomic E-state index is 0.860. The number of nitrogens with one attached hydrogen (secondary N) is 1. The highest BCUT2D eigenvalue weighted by molar-refractivity contribution is 4.74. The van der Waals surface area contributed by atoms with Crippen LogP contribution in [0, 0.1) is 5.92 Å². The summed E-state index contributed by atoms with van der Waals surface area (Å²) in [7, 11) is 0. The van der Waals surface area contributed by atoms with Gasteiger partial charge >= 0.3 is 0 Å². The molecular formula is C15H29N. The maximum absolute atomic E-state index is 3.84. The van der Waals surface area contributed by atoms with Crippen molar-refractivity contribution in [1.82, 2.24) is 5.32 Å². The van der Waals surface area contributed by atoms with Crippen LogP contribution in [0.4, 0.5) is 0 Å². The Kier molecular flexibility index (Phi) is 5.68. The Morgan fingerprint density at radius 2 is 1.12 bits per heavy atom. The van der Waals surface area contributed by atoms with Gasteiger partial charge in [0.1, 0.15) is 0 Å². The molecular weight excluding hydrogens is 194 g/mol. The fraction of sp³-hybridized carbons (Fsp3) is 1.00. The van der Waals surface area contributed by atoms with Crippen molar-refractivity contribution in [2.24, 2.45) is 5.92 Å². The highest BCUT2D eigenvalue weighted by atomic mass is 14.9. The molecule has 0 atom stereocenters. The molecule has 0 aromatic carbocycles. The van der Waals surface area contributed by atoms with Crippen LogP contribution in [-0.2, 0) is 0 Å². The largest absolute Gasteiger partial charge is 0.314 e. The highest BCUT2D eigenvalue weighted by Crippen LogP contribution is 2.23. The van der Waals surface area contributed by atoms with E-state index in [1.807, 2.05) is 0 Å². The lowest BCUT2D eigenvalue weighted by Crippen LogP contribution is -2.35. The molecule has 0 radical (unpaired) electrons. The fourth-order valence-corrected chi connectivity index (χ4v) is 3.38. The average Bonchev–Trinajstić information content (AvgIpc) is 2.29. The van der Waals surface area contributed by atoms with Crippen molar-refractivity contribution in [2.45, 2.75) is 83.1 Å². The van der Waals surface area contributed by atoms with E-state index in [-0.39, 0.29) is 0 Å². The summed E-state index contributed by atoms with van der Waals surface area (Å²) in [6.45, 7) is 1.31. The topological polar surface area (TPSA) is 12.0 Å². The first-order valence-electron chi connectivity index (χ1n) is 7.68. The molecule has 0 aliphatic heterocycles. The molecule has 1 N–H and O–H groups in total. The molecule has 2 rings (SSSR count). The summed E-state index contributed by atoms with van der Waals surface area (Å²) in [6, 6.07) is 0.860. The average molecular weight is 223 g/mol. The lowest BCUT2D eigenvalue weighted by molar-refractivity contribution is 0.311. The molecule has 2 aliphatic carbocycles. The van der Waals surface area contributed by atoms with Crippen molar-refractivity contribution in [1.29, 1.82) is 0 Å². The molecule has 2 fully saturated rings. The predicted molar refractivity (Wildman–Crippen MR) is 70.7 cm³/mol. The van der Waals surface area contributed by atoms with E-state index in [0.29, 0.717) is 0 Å². The Morgan fingerprint density at radius 1 is 0.625 bits per heavy atom. The SMILES string of the molecule is C1CCCC(CNC2CCCCC2)CCC1. The van der Waals surface area contributed by atoms with Gasteiger partial charge in [0.25, 0.3) is 0 Å². The summed E-state index contributed by atoms with van der Waals surface area (Å²) < 4.78 is 0. The maximum Gasteiger partial charge on any atom is 0.00671 e. The lowest BCUT2D eigenvalue weighted by Gasteiger charge is -2.26. The molecule has 0 aromatic heterocycles. The van der Waals surface area contributed by atoms with E-state index >= 15 is 0 Å². The highest BCUT2D eigenvalue weighted by Gasteiger charge is 2.16. The third-order valence-electron chi connectivity index (χ3n) is 4.53. The first-order valence-corrected chi connectivity index (χ1v) is 7.68. The van der Waals surface area contributed by atoms with Crippen LogP contribution in [0.1, 0.15) is 77.0 Å². The predicted octanol–water partition coefficient (Wildman–Crippen LogP) is 4.27. The summed E-state index contributed by atoms with van der Waals surface area (Å²) in [5, 5.41) is 3.84. The third-order valence-corrected chi connectivity index (χ3v) is 4.53. The van der Waals surface area contributed by atoms with Crippen molar-refractivity contribution in [3.63, 3.8) is 0 Å². The van der Waals surface area contributed by atoms with Gasteiger partial charge in [0.2, 0.25) is 0 Å². The molecule has 16 heavy (non-hydrogen) atoms. The van der Waals surface area contributed by atoms with Gasteiger partial charge in [-0.2, -0.15) is 0 Å². The summed E-state index contributed by atoms with van der Waals surface area (Å²) in [5.74, 6) is 0.988. The van der Waals surface area contributed by atoms with Crippen molar-refractivity contribution < 1.29 is 0 Å². The zero-order valence-corrected chi connectivity index (χ0v) is 10.8. The Labute approximate surface area is 101 Å². The Hall–Kier alpha value is -0.0400. The number of rotatable bonds is 3. The van der Waals surface area contributed by atoms with E-state index in [9.17, 15) is 0 Å². The van der Waals surface area contributed by atoms with E-state index < -0.39 is 0 Å². The number of hydrogen-bond acceptors (Lipinski definition) is 1. The molecule has 2 aliphatic rings. The zero-order valence-electron chi connectivity index (χ0n) is 10.8. The Balaban J connectivity index is 1.62. The van der Waals surface area contributed by atoms with Gasteiger partial charge in [0.15, 0.2) is 0 Å². The van der Waals surface area contributed by atoms with Gasteiger partial charge in [0.05, 0.1) is 0 Å². The van der Waals surface area contributed by atoms with E-state index in [1.54, 1.807) is 0 Å². The van der Waals surface area contributed by atoms with Gasteiger partial charge in [-0.15, -0.1) is 0 Å². The number of hydrogen-bond donors (Lipinski definition) is 1. The monoisotopic (exact) mass is 223 g/mol. The van der Waals surface area contributed by atoms with Crippen LogP contribution < -0.4 is 5.32 Å². The van der Waals surface area contributed by atoms with Gasteiger partial charge in [0, 0.05) is 6.04 Å². The smallest absolute Gasteiger partial charge is 0.00671 e. The van der Waals surface area contributed by atoms with Gasteiger partial charge in [-0.1, -0.05) is 51.4 Å². The van der Waals surface area contributed by atoms with Crippen LogP contribution in [0.5, 0.6) is 0 Å². The van der Waals surface area contributed by atoms with Crippen molar-refractivity contribution in [3.8, 4) is 0 Å². The quantitative estimate of drug-likeness (QED) is 0.753. The van der Waals surface area contributed by atoms with Crippen LogP contribution in [0.25, 0.3) is 0 Å². The second-order valence-corrected chi connectivity index (χ2v) is 5.95. The van der Waals surface area contributed by atoms with Crippen molar-refractivity contribution >= 4 is 0 Å². The minimum absolute atomic E-state index is 0.860. The first-order chi connectivity index (χ1) is 7.95. The second kappa shape index (κ2) is 7.32. The molecule has 0 heterocycles. The van der Waals surface area contributed by atoms with Gasteiger partial charge in [-0.05, 0) is 38.1 Å². The summed E-state index contributed by atoms with van der Waals surface area (Å²) in [5.41, 5.74) is 0. The summed E-state index contributed by atoms with van der Waals surface area (Å²) >= 11 is 0. The Bertz CT molecular complexity index is 164. The molecule has 1 heteroatoms. The van der Waals surface area contributed by atoms with Crippen molar-refractivity contribution in [2.75, 3.05) is 6.54 Å². The zero-order chi connectivity index (χ0) is 11.1. The molecule has 0 bridgehead atoms. The maximum atomic E-state index is 3.84. The van der Waals surface area contributed by atoms with Crippen LogP contribution in [-0.4, -0.2) is 12.6 Å². The molecule has 0 aromatic rings. The van der Waals surface area contributed by atoms with E-state index in [2.05, 4.69) is 5.32 Å². The van der Waals surface area contributed by atoms with Gasteiger partial charge in [-0.3, -0.25) is 0 Å². The van der Waals surface area contributed by atoms with Crippen molar-refractivity contribution in [3.05, 3.63) is 0 Å². The molecule has 0 unspecified atom stereocenters. The molecule has 0 amide bonds. The first kappa shape index (κ1) is 12.4. The van der Waals surface area contributed by atoms with Crippen LogP contribution in [0.3, 0.4) is 0 Å². The lowest BCUT2D eigenvalue weighted by atomic mass is 9.90. The van der Waals surface area contributed by atoms with Gasteiger partial charge < -0.3 is 5.32 Å². The fourth-order valence-electron chi connectivity index (χ4n) is 3.38. The summed E-state index contributed by atoms with van der Waals surface area (Å²) in [4.78, 5) is 0. The van der Waals surface area contributed by atoms with Crippen LogP contribution in [0.2, 0.25) is 0 Å². The van der Waals surface area contributed by atoms with Crippen LogP contribution >= 0.6 is 0 Å². The molecule has 0 spiro atoms. The van der Waals surface area contributed by atoms with E-state index in [1.165, 1.54) is 83.6 Å².